The van der Waals surface area contributed by atoms with Gasteiger partial charge in [-0.25, -0.2) is 0 Å². The minimum Gasteiger partial charge on any atom is -0.146 e. The van der Waals surface area contributed by atoms with Gasteiger partial charge in [-0.1, -0.05) is 6.92 Å². The average molecular weight is 155 g/mol. The Kier molecular flexibility index (Phi) is 1.39. The summed E-state index contributed by atoms with van der Waals surface area (Å²) in [6.45, 7) is 0.621. The topological polar surface area (TPSA) is 0 Å². The third kappa shape index (κ3) is 1.34. The highest BCUT2D eigenvalue weighted by atomic mass is 35.7. The van der Waals surface area contributed by atoms with Crippen molar-refractivity contribution < 1.29 is 0 Å². The molecule has 0 saturated carbocycles. The van der Waals surface area contributed by atoms with Gasteiger partial charge in [-0.15, -0.1) is 22.2 Å². The Balaban J connectivity index is 2.29. The van der Waals surface area contributed by atoms with Crippen LogP contribution in [0.3, 0.4) is 0 Å². The highest BCUT2D eigenvalue weighted by Gasteiger charge is 2.41. The van der Waals surface area contributed by atoms with Crippen molar-refractivity contribution in [1.82, 2.24) is 0 Å². The van der Waals surface area contributed by atoms with E-state index >= 15 is 0 Å². The predicted molar refractivity (Wildman–Crippen MR) is 36.2 cm³/mol. The van der Waals surface area contributed by atoms with E-state index < -0.39 is 6.69 Å². The Morgan fingerprint density at radius 2 is 1.86 bits per heavy atom. The zero-order chi connectivity index (χ0) is 5.49. The van der Waals surface area contributed by atoms with E-state index in [2.05, 4.69) is 6.92 Å². The minimum atomic E-state index is -1.57. The van der Waals surface area contributed by atoms with Crippen LogP contribution in [-0.4, -0.2) is 6.69 Å². The fourth-order valence-corrected chi connectivity index (χ4v) is 6.04. The second-order valence-electron chi connectivity index (χ2n) is 2.37. The molecular weight excluding hydrogens is 147 g/mol. The fraction of sp³-hybridized carbons (Fsp3) is 1.00. The molecule has 0 amide bonds. The van der Waals surface area contributed by atoms with Crippen LogP contribution in [0.2, 0.25) is 12.1 Å². The number of hydrogen-bond donors (Lipinski definition) is 0. The Labute approximate surface area is 54.2 Å². The first-order valence-electron chi connectivity index (χ1n) is 2.48. The van der Waals surface area contributed by atoms with Crippen molar-refractivity contribution in [2.75, 3.05) is 0 Å². The molecule has 1 saturated heterocycles. The zero-order valence-corrected chi connectivity index (χ0v) is 6.76. The van der Waals surface area contributed by atoms with E-state index in [1.165, 1.54) is 0 Å². The molecular formula is C4H8Cl2Si. The summed E-state index contributed by atoms with van der Waals surface area (Å²) in [6, 6.07) is 2.21. The summed E-state index contributed by atoms with van der Waals surface area (Å²) in [4.78, 5) is 0. The van der Waals surface area contributed by atoms with Crippen molar-refractivity contribution in [3.8, 4) is 0 Å². The molecule has 1 aliphatic heterocycles. The molecule has 0 spiro atoms. The van der Waals surface area contributed by atoms with Gasteiger partial charge in [0.15, 0.2) is 0 Å². The van der Waals surface area contributed by atoms with Crippen molar-refractivity contribution in [3.05, 3.63) is 0 Å². The molecule has 0 N–H and O–H groups in total. The second kappa shape index (κ2) is 1.64. The molecule has 0 atom stereocenters. The molecule has 1 rings (SSSR count). The SMILES string of the molecule is CC1C[Si](Cl)(Cl)C1. The van der Waals surface area contributed by atoms with Gasteiger partial charge in [0.1, 0.15) is 0 Å². The maximum Gasteiger partial charge on any atom is 0.251 e. The van der Waals surface area contributed by atoms with Gasteiger partial charge in [-0.05, 0) is 18.0 Å². The van der Waals surface area contributed by atoms with Crippen LogP contribution in [0.5, 0.6) is 0 Å². The number of hydrogen-bond acceptors (Lipinski definition) is 0. The third-order valence-corrected chi connectivity index (χ3v) is 5.73. The lowest BCUT2D eigenvalue weighted by atomic mass is 10.2. The molecule has 0 bridgehead atoms. The van der Waals surface area contributed by atoms with Gasteiger partial charge in [0, 0.05) is 0 Å². The number of halogens is 2. The summed E-state index contributed by atoms with van der Waals surface area (Å²) >= 11 is 11.6. The van der Waals surface area contributed by atoms with E-state index in [1.54, 1.807) is 0 Å². The van der Waals surface area contributed by atoms with Crippen LogP contribution in [0, 0.1) is 5.92 Å². The van der Waals surface area contributed by atoms with E-state index in [0.29, 0.717) is 0 Å². The molecule has 0 unspecified atom stereocenters. The summed E-state index contributed by atoms with van der Waals surface area (Å²) in [5, 5.41) is 0. The summed E-state index contributed by atoms with van der Waals surface area (Å²) in [6.07, 6.45) is 0. The third-order valence-electron chi connectivity index (χ3n) is 1.29. The Hall–Kier alpha value is 0.797. The van der Waals surface area contributed by atoms with Crippen LogP contribution < -0.4 is 0 Å². The molecule has 1 fully saturated rings. The first-order chi connectivity index (χ1) is 3.10. The van der Waals surface area contributed by atoms with Crippen LogP contribution >= 0.6 is 22.2 Å². The Morgan fingerprint density at radius 1 is 1.43 bits per heavy atom. The summed E-state index contributed by atoms with van der Waals surface area (Å²) in [5.41, 5.74) is 0. The Bertz CT molecular complexity index is 73.8. The molecule has 0 aliphatic carbocycles. The van der Waals surface area contributed by atoms with Crippen molar-refractivity contribution in [1.29, 1.82) is 0 Å². The van der Waals surface area contributed by atoms with Crippen LogP contribution in [0.15, 0.2) is 0 Å². The molecule has 0 aromatic rings. The molecule has 0 radical (unpaired) electrons. The quantitative estimate of drug-likeness (QED) is 0.372. The normalized spacial score (nSPS) is 29.6. The first kappa shape index (κ1) is 5.93. The van der Waals surface area contributed by atoms with Gasteiger partial charge < -0.3 is 0 Å². The van der Waals surface area contributed by atoms with E-state index in [9.17, 15) is 0 Å². The van der Waals surface area contributed by atoms with E-state index in [1.807, 2.05) is 0 Å². The highest BCUT2D eigenvalue weighted by molar-refractivity contribution is 7.46. The van der Waals surface area contributed by atoms with Gasteiger partial charge in [-0.3, -0.25) is 0 Å². The van der Waals surface area contributed by atoms with Crippen LogP contribution in [0.1, 0.15) is 6.92 Å². The average Bonchev–Trinajstić information content (AvgIpc) is 1.27. The molecule has 0 aromatic carbocycles. The molecule has 1 heterocycles. The van der Waals surface area contributed by atoms with E-state index in [-0.39, 0.29) is 0 Å². The first-order valence-corrected chi connectivity index (χ1v) is 6.92. The lowest BCUT2D eigenvalue weighted by Gasteiger charge is -2.32. The molecule has 0 nitrogen and oxygen atoms in total. The van der Waals surface area contributed by atoms with E-state index in [0.717, 1.165) is 18.0 Å². The summed E-state index contributed by atoms with van der Waals surface area (Å²) < 4.78 is 0. The molecule has 3 heteroatoms. The lowest BCUT2D eigenvalue weighted by Crippen LogP contribution is -2.34. The summed E-state index contributed by atoms with van der Waals surface area (Å²) in [5.74, 6) is 0.807. The van der Waals surface area contributed by atoms with Crippen molar-refractivity contribution >= 4 is 28.9 Å². The van der Waals surface area contributed by atoms with Gasteiger partial charge >= 0.3 is 0 Å². The van der Waals surface area contributed by atoms with Crippen molar-refractivity contribution in [3.63, 3.8) is 0 Å². The van der Waals surface area contributed by atoms with Crippen LogP contribution in [0.25, 0.3) is 0 Å². The largest absolute Gasteiger partial charge is 0.251 e. The zero-order valence-electron chi connectivity index (χ0n) is 4.25. The minimum absolute atomic E-state index is 0.807. The predicted octanol–water partition coefficient (Wildman–Crippen LogP) is 2.56. The summed E-state index contributed by atoms with van der Waals surface area (Å²) in [7, 11) is 0. The maximum absolute atomic E-state index is 5.80. The lowest BCUT2D eigenvalue weighted by molar-refractivity contribution is 0.655. The maximum atomic E-state index is 5.80. The monoisotopic (exact) mass is 154 g/mol. The van der Waals surface area contributed by atoms with Crippen molar-refractivity contribution in [2.24, 2.45) is 5.92 Å². The second-order valence-corrected chi connectivity index (χ2v) is 9.82. The number of rotatable bonds is 0. The smallest absolute Gasteiger partial charge is 0.146 e. The fourth-order valence-electron chi connectivity index (χ4n) is 0.960. The van der Waals surface area contributed by atoms with Crippen LogP contribution in [-0.2, 0) is 0 Å². The molecule has 0 aromatic heterocycles. The Morgan fingerprint density at radius 3 is 1.86 bits per heavy atom. The van der Waals surface area contributed by atoms with Gasteiger partial charge in [-0.2, -0.15) is 0 Å². The van der Waals surface area contributed by atoms with E-state index in [4.69, 9.17) is 22.2 Å². The van der Waals surface area contributed by atoms with Gasteiger partial charge in [0.25, 0.3) is 6.69 Å². The van der Waals surface area contributed by atoms with Crippen molar-refractivity contribution in [2.45, 2.75) is 19.0 Å². The standard InChI is InChI=1S/C4H8Cl2Si/c1-4-2-7(5,6)3-4/h4H,2-3H2,1H3. The molecule has 42 valence electrons. The molecule has 1 aliphatic rings. The van der Waals surface area contributed by atoms with Crippen LogP contribution in [0.4, 0.5) is 0 Å². The highest BCUT2D eigenvalue weighted by Crippen LogP contribution is 2.43. The molecule has 7 heavy (non-hydrogen) atoms. The van der Waals surface area contributed by atoms with Gasteiger partial charge in [0.2, 0.25) is 0 Å². The van der Waals surface area contributed by atoms with Gasteiger partial charge in [0.05, 0.1) is 0 Å².